The van der Waals surface area contributed by atoms with Crippen molar-refractivity contribution in [2.45, 2.75) is 23.6 Å². The molecule has 0 aliphatic rings. The van der Waals surface area contributed by atoms with Gasteiger partial charge < -0.3 is 9.47 Å². The zero-order valence-corrected chi connectivity index (χ0v) is 20.7. The number of hydrogen-bond donors (Lipinski definition) is 2. The van der Waals surface area contributed by atoms with Crippen LogP contribution < -0.4 is 18.9 Å². The minimum atomic E-state index is -3.62. The van der Waals surface area contributed by atoms with E-state index >= 15 is 0 Å². The van der Waals surface area contributed by atoms with E-state index in [4.69, 9.17) is 9.47 Å². The summed E-state index contributed by atoms with van der Waals surface area (Å²) in [4.78, 5) is 0.379. The van der Waals surface area contributed by atoms with E-state index in [2.05, 4.69) is 9.44 Å². The third-order valence-electron chi connectivity index (χ3n) is 4.82. The van der Waals surface area contributed by atoms with Gasteiger partial charge in [0.25, 0.3) is 0 Å². The molecule has 0 spiro atoms. The van der Waals surface area contributed by atoms with Gasteiger partial charge >= 0.3 is 0 Å². The Labute approximate surface area is 201 Å². The van der Waals surface area contributed by atoms with Crippen LogP contribution in [0.4, 0.5) is 0 Å². The van der Waals surface area contributed by atoms with Crippen LogP contribution in [-0.2, 0) is 20.0 Å². The van der Waals surface area contributed by atoms with Crippen LogP contribution in [-0.4, -0.2) is 43.1 Å². The Bertz CT molecular complexity index is 1190. The predicted molar refractivity (Wildman–Crippen MR) is 130 cm³/mol. The first-order valence-corrected chi connectivity index (χ1v) is 13.6. The van der Waals surface area contributed by atoms with Gasteiger partial charge in [-0.3, -0.25) is 0 Å². The summed E-state index contributed by atoms with van der Waals surface area (Å²) >= 11 is 0. The Hall–Kier alpha value is -2.92. The number of hydrogen-bond acceptors (Lipinski definition) is 6. The van der Waals surface area contributed by atoms with E-state index in [1.807, 2.05) is 13.8 Å². The molecule has 0 atom stereocenters. The number of rotatable bonds is 12. The largest absolute Gasteiger partial charge is 0.488 e. The highest BCUT2D eigenvalue weighted by atomic mass is 32.2. The monoisotopic (exact) mass is 504 g/mol. The zero-order chi connectivity index (χ0) is 24.6. The number of para-hydroxylation sites is 2. The molecule has 0 aliphatic carbocycles. The molecule has 2 N–H and O–H groups in total. The lowest BCUT2D eigenvalue weighted by molar-refractivity contribution is 0.274. The molecular weight excluding hydrogens is 476 g/mol. The molecule has 0 fully saturated rings. The normalized spacial score (nSPS) is 11.8. The number of ether oxygens (including phenoxy) is 2. The zero-order valence-electron chi connectivity index (χ0n) is 19.0. The average Bonchev–Trinajstić information content (AvgIpc) is 2.81. The fourth-order valence-corrected chi connectivity index (χ4v) is 4.99. The van der Waals surface area contributed by atoms with Gasteiger partial charge in [-0.25, -0.2) is 26.3 Å². The van der Waals surface area contributed by atoms with Gasteiger partial charge in [0.05, 0.1) is 9.79 Å². The lowest BCUT2D eigenvalue weighted by Gasteiger charge is -2.13. The second-order valence-electron chi connectivity index (χ2n) is 7.57. The highest BCUT2D eigenvalue weighted by Crippen LogP contribution is 2.26. The molecular formula is C24H28N2O6S2. The van der Waals surface area contributed by atoms with Crippen LogP contribution in [0.15, 0.2) is 82.6 Å². The van der Waals surface area contributed by atoms with E-state index in [1.165, 1.54) is 0 Å². The minimum Gasteiger partial charge on any atom is -0.488 e. The Morgan fingerprint density at radius 1 is 0.588 bits per heavy atom. The number of benzene rings is 3. The summed E-state index contributed by atoms with van der Waals surface area (Å²) in [6.45, 7) is 4.09. The number of sulfonamides is 2. The summed E-state index contributed by atoms with van der Waals surface area (Å²) < 4.78 is 65.8. The van der Waals surface area contributed by atoms with Gasteiger partial charge in [0.2, 0.25) is 20.0 Å². The molecule has 0 unspecified atom stereocenters. The Balaban J connectivity index is 1.47. The first kappa shape index (κ1) is 25.7. The van der Waals surface area contributed by atoms with Crippen molar-refractivity contribution in [1.29, 1.82) is 0 Å². The smallest absolute Gasteiger partial charge is 0.240 e. The molecule has 10 heteroatoms. The highest BCUT2D eigenvalue weighted by molar-refractivity contribution is 7.89. The first-order valence-electron chi connectivity index (χ1n) is 10.6. The van der Waals surface area contributed by atoms with E-state index in [9.17, 15) is 16.8 Å². The molecule has 0 radical (unpaired) electrons. The molecule has 0 saturated carbocycles. The summed E-state index contributed by atoms with van der Waals surface area (Å²) in [5.41, 5.74) is 1.95. The quantitative estimate of drug-likeness (QED) is 0.367. The van der Waals surface area contributed by atoms with Crippen LogP contribution in [0.25, 0.3) is 0 Å². The molecule has 3 aromatic carbocycles. The van der Waals surface area contributed by atoms with Gasteiger partial charge in [0, 0.05) is 13.1 Å². The fourth-order valence-electron chi connectivity index (χ4n) is 2.96. The maximum Gasteiger partial charge on any atom is 0.240 e. The van der Waals surface area contributed by atoms with Crippen LogP contribution >= 0.6 is 0 Å². The maximum absolute atomic E-state index is 12.3. The second-order valence-corrected chi connectivity index (χ2v) is 11.1. The minimum absolute atomic E-state index is 0.0703. The molecule has 0 aromatic heterocycles. The third-order valence-corrected chi connectivity index (χ3v) is 7.77. The molecule has 0 bridgehead atoms. The van der Waals surface area contributed by atoms with Gasteiger partial charge in [0.15, 0.2) is 11.5 Å². The van der Waals surface area contributed by atoms with E-state index in [0.717, 1.165) is 11.1 Å². The summed E-state index contributed by atoms with van der Waals surface area (Å²) in [5.74, 6) is 0.858. The Kier molecular flexibility index (Phi) is 8.67. The molecule has 0 amide bonds. The molecule has 182 valence electrons. The van der Waals surface area contributed by atoms with Crippen molar-refractivity contribution in [2.75, 3.05) is 26.3 Å². The lowest BCUT2D eigenvalue weighted by atomic mass is 10.2. The van der Waals surface area contributed by atoms with Crippen LogP contribution in [0.2, 0.25) is 0 Å². The van der Waals surface area contributed by atoms with Gasteiger partial charge in [-0.1, -0.05) is 47.5 Å². The molecule has 3 aromatic rings. The highest BCUT2D eigenvalue weighted by Gasteiger charge is 2.14. The molecule has 0 aliphatic heterocycles. The van der Waals surface area contributed by atoms with E-state index in [0.29, 0.717) is 11.5 Å². The molecule has 8 nitrogen and oxygen atoms in total. The number of aryl methyl sites for hydroxylation is 2. The van der Waals surface area contributed by atoms with Crippen LogP contribution in [0.3, 0.4) is 0 Å². The molecule has 34 heavy (non-hydrogen) atoms. The molecule has 3 rings (SSSR count). The molecule has 0 heterocycles. The van der Waals surface area contributed by atoms with Crippen molar-refractivity contribution in [3.05, 3.63) is 83.9 Å². The van der Waals surface area contributed by atoms with Crippen molar-refractivity contribution in [3.63, 3.8) is 0 Å². The van der Waals surface area contributed by atoms with Crippen LogP contribution in [0.5, 0.6) is 11.5 Å². The predicted octanol–water partition coefficient (Wildman–Crippen LogP) is 3.02. The average molecular weight is 505 g/mol. The summed E-state index contributed by atoms with van der Waals surface area (Å²) in [6, 6.07) is 20.1. The van der Waals surface area contributed by atoms with Crippen molar-refractivity contribution < 1.29 is 26.3 Å². The van der Waals surface area contributed by atoms with E-state index in [-0.39, 0.29) is 36.1 Å². The first-order chi connectivity index (χ1) is 16.2. The summed E-state index contributed by atoms with van der Waals surface area (Å²) in [6.07, 6.45) is 0. The van der Waals surface area contributed by atoms with Crippen molar-refractivity contribution in [1.82, 2.24) is 9.44 Å². The summed E-state index contributed by atoms with van der Waals surface area (Å²) in [5, 5.41) is 0. The maximum atomic E-state index is 12.3. The Morgan fingerprint density at radius 3 is 1.29 bits per heavy atom. The van der Waals surface area contributed by atoms with Gasteiger partial charge in [-0.2, -0.15) is 0 Å². The topological polar surface area (TPSA) is 111 Å². The van der Waals surface area contributed by atoms with Gasteiger partial charge in [-0.15, -0.1) is 0 Å². The molecule has 0 saturated heterocycles. The van der Waals surface area contributed by atoms with E-state index in [1.54, 1.807) is 72.8 Å². The van der Waals surface area contributed by atoms with Gasteiger partial charge in [0.1, 0.15) is 13.2 Å². The van der Waals surface area contributed by atoms with Gasteiger partial charge in [-0.05, 0) is 50.2 Å². The fraction of sp³-hybridized carbons (Fsp3) is 0.250. The van der Waals surface area contributed by atoms with E-state index < -0.39 is 20.0 Å². The van der Waals surface area contributed by atoms with Crippen LogP contribution in [0, 0.1) is 13.8 Å². The SMILES string of the molecule is Cc1ccc(S(=O)(=O)NCCOc2ccccc2OCCNS(=O)(=O)c2ccc(C)cc2)cc1. The van der Waals surface area contributed by atoms with Crippen LogP contribution in [0.1, 0.15) is 11.1 Å². The number of nitrogens with one attached hydrogen (secondary N) is 2. The van der Waals surface area contributed by atoms with Crippen molar-refractivity contribution >= 4 is 20.0 Å². The van der Waals surface area contributed by atoms with Crippen molar-refractivity contribution in [2.24, 2.45) is 0 Å². The standard InChI is InChI=1S/C24H28N2O6S2/c1-19-7-11-21(12-8-19)33(27,28)25-15-17-31-23-5-3-4-6-24(23)32-18-16-26-34(29,30)22-13-9-20(2)10-14-22/h3-14,25-26H,15-18H2,1-2H3. The lowest BCUT2D eigenvalue weighted by Crippen LogP contribution is -2.29. The van der Waals surface area contributed by atoms with Crippen molar-refractivity contribution in [3.8, 4) is 11.5 Å². The Morgan fingerprint density at radius 2 is 0.941 bits per heavy atom. The second kappa shape index (κ2) is 11.5. The third kappa shape index (κ3) is 7.29. The summed E-state index contributed by atoms with van der Waals surface area (Å²) in [7, 11) is -7.25.